The average Bonchev–Trinajstić information content (AvgIpc) is 2.80. The fourth-order valence-electron chi connectivity index (χ4n) is 2.44. The summed E-state index contributed by atoms with van der Waals surface area (Å²) >= 11 is 0. The molecule has 6 nitrogen and oxygen atoms in total. The molecule has 2 rings (SSSR count). The van der Waals surface area contributed by atoms with Crippen molar-refractivity contribution in [3.8, 4) is 11.5 Å². The van der Waals surface area contributed by atoms with Gasteiger partial charge in [-0.2, -0.15) is 0 Å². The molecule has 0 unspecified atom stereocenters. The molecule has 0 bridgehead atoms. The molecule has 1 aliphatic rings. The van der Waals surface area contributed by atoms with Crippen molar-refractivity contribution in [2.45, 2.75) is 6.92 Å². The topological polar surface area (TPSA) is 87.1 Å². The van der Waals surface area contributed by atoms with E-state index in [1.165, 1.54) is 24.1 Å². The van der Waals surface area contributed by atoms with Gasteiger partial charge < -0.3 is 19.8 Å². The van der Waals surface area contributed by atoms with Gasteiger partial charge >= 0.3 is 5.97 Å². The minimum atomic E-state index is -0.897. The quantitative estimate of drug-likeness (QED) is 0.868. The smallest absolute Gasteiger partial charge is 0.308 e. The van der Waals surface area contributed by atoms with Gasteiger partial charge in [0.05, 0.1) is 18.6 Å². The molecule has 1 heterocycles. The predicted octanol–water partition coefficient (Wildman–Crippen LogP) is 1.19. The second-order valence-electron chi connectivity index (χ2n) is 5.02. The number of carboxylic acids is 1. The first-order chi connectivity index (χ1) is 9.43. The summed E-state index contributed by atoms with van der Waals surface area (Å²) in [7, 11) is 1.47. The van der Waals surface area contributed by atoms with E-state index in [1.54, 1.807) is 13.0 Å². The van der Waals surface area contributed by atoms with E-state index in [4.69, 9.17) is 9.84 Å². The molecular weight excluding hydrogens is 262 g/mol. The molecule has 108 valence electrons. The molecular formula is C14H17NO5. The zero-order valence-electron chi connectivity index (χ0n) is 11.4. The van der Waals surface area contributed by atoms with Crippen molar-refractivity contribution >= 4 is 11.9 Å². The van der Waals surface area contributed by atoms with Crippen molar-refractivity contribution in [1.29, 1.82) is 0 Å². The van der Waals surface area contributed by atoms with Crippen LogP contribution in [0.15, 0.2) is 18.2 Å². The number of nitrogens with zero attached hydrogens (tertiary/aromatic N) is 1. The number of phenols is 1. The van der Waals surface area contributed by atoms with Gasteiger partial charge in [-0.15, -0.1) is 0 Å². The van der Waals surface area contributed by atoms with Crippen LogP contribution in [0.4, 0.5) is 0 Å². The third-order valence-corrected chi connectivity index (χ3v) is 3.65. The van der Waals surface area contributed by atoms with Crippen LogP contribution in [0.1, 0.15) is 17.3 Å². The summed E-state index contributed by atoms with van der Waals surface area (Å²) < 4.78 is 4.96. The molecule has 1 aliphatic heterocycles. The fraction of sp³-hybridized carbons (Fsp3) is 0.429. The summed E-state index contributed by atoms with van der Waals surface area (Å²) in [6.07, 6.45) is 0. The summed E-state index contributed by atoms with van der Waals surface area (Å²) in [6, 6.07) is 4.43. The average molecular weight is 279 g/mol. The maximum atomic E-state index is 12.3. The number of carbonyl (C=O) groups excluding carboxylic acids is 1. The van der Waals surface area contributed by atoms with Crippen LogP contribution >= 0.6 is 0 Å². The number of amides is 1. The summed E-state index contributed by atoms with van der Waals surface area (Å²) in [5, 5.41) is 18.9. The first-order valence-corrected chi connectivity index (χ1v) is 6.33. The van der Waals surface area contributed by atoms with Gasteiger partial charge in [0.1, 0.15) is 11.5 Å². The second kappa shape index (κ2) is 5.40. The van der Waals surface area contributed by atoms with Crippen LogP contribution in [0.5, 0.6) is 11.5 Å². The Bertz CT molecular complexity index is 542. The molecule has 20 heavy (non-hydrogen) atoms. The lowest BCUT2D eigenvalue weighted by Crippen LogP contribution is -2.30. The Balaban J connectivity index is 2.19. The summed E-state index contributed by atoms with van der Waals surface area (Å²) in [5.74, 6) is -1.62. The highest BCUT2D eigenvalue weighted by molar-refractivity contribution is 5.97. The molecule has 1 aromatic rings. The van der Waals surface area contributed by atoms with Crippen LogP contribution in [0, 0.1) is 11.8 Å². The lowest BCUT2D eigenvalue weighted by Gasteiger charge is -2.17. The number of phenolic OH excluding ortho intramolecular Hbond substituents is 1. The molecule has 0 aliphatic carbocycles. The maximum absolute atomic E-state index is 12.3. The third-order valence-electron chi connectivity index (χ3n) is 3.65. The number of benzene rings is 1. The highest BCUT2D eigenvalue weighted by atomic mass is 16.5. The summed E-state index contributed by atoms with van der Waals surface area (Å²) in [5.41, 5.74) is 0.157. The van der Waals surface area contributed by atoms with Crippen molar-refractivity contribution in [1.82, 2.24) is 4.90 Å². The van der Waals surface area contributed by atoms with E-state index in [1.807, 2.05) is 0 Å². The standard InChI is InChI=1S/C14H17NO5/c1-8-6-15(7-11(8)14(18)19)13(17)10-4-3-9(20-2)5-12(10)16/h3-5,8,11,16H,6-7H2,1-2H3,(H,18,19)/t8-,11-/m1/s1. The minimum Gasteiger partial charge on any atom is -0.507 e. The van der Waals surface area contributed by atoms with Crippen molar-refractivity contribution in [3.63, 3.8) is 0 Å². The highest BCUT2D eigenvalue weighted by Crippen LogP contribution is 2.29. The molecule has 1 aromatic carbocycles. The molecule has 6 heteroatoms. The van der Waals surface area contributed by atoms with E-state index >= 15 is 0 Å². The van der Waals surface area contributed by atoms with Crippen LogP contribution < -0.4 is 4.74 Å². The van der Waals surface area contributed by atoms with Gasteiger partial charge in [0.2, 0.25) is 0 Å². The summed E-state index contributed by atoms with van der Waals surface area (Å²) in [6.45, 7) is 2.35. The Labute approximate surface area is 116 Å². The number of hydrogen-bond acceptors (Lipinski definition) is 4. The molecule has 1 amide bonds. The minimum absolute atomic E-state index is 0.100. The Morgan fingerprint density at radius 1 is 1.35 bits per heavy atom. The zero-order chi connectivity index (χ0) is 14.9. The van der Waals surface area contributed by atoms with E-state index < -0.39 is 11.9 Å². The van der Waals surface area contributed by atoms with Crippen LogP contribution in [-0.4, -0.2) is 47.2 Å². The number of methoxy groups -OCH3 is 1. The Kier molecular flexibility index (Phi) is 3.83. The molecule has 1 fully saturated rings. The number of carbonyl (C=O) groups is 2. The molecule has 2 atom stereocenters. The van der Waals surface area contributed by atoms with Gasteiger partial charge in [-0.05, 0) is 18.1 Å². The SMILES string of the molecule is COc1ccc(C(=O)N2C[C@@H](C)[C@H](C(=O)O)C2)c(O)c1. The van der Waals surface area contributed by atoms with E-state index in [0.29, 0.717) is 12.3 Å². The number of likely N-dealkylation sites (tertiary alicyclic amines) is 1. The fourth-order valence-corrected chi connectivity index (χ4v) is 2.44. The van der Waals surface area contributed by atoms with Gasteiger partial charge in [-0.25, -0.2) is 0 Å². The summed E-state index contributed by atoms with van der Waals surface area (Å²) in [4.78, 5) is 24.8. The van der Waals surface area contributed by atoms with Gasteiger partial charge in [-0.1, -0.05) is 6.92 Å². The second-order valence-corrected chi connectivity index (χ2v) is 5.02. The first-order valence-electron chi connectivity index (χ1n) is 6.33. The number of aromatic hydroxyl groups is 1. The zero-order valence-corrected chi connectivity index (χ0v) is 11.4. The first kappa shape index (κ1) is 14.2. The number of hydrogen-bond donors (Lipinski definition) is 2. The Morgan fingerprint density at radius 3 is 2.55 bits per heavy atom. The van der Waals surface area contributed by atoms with Crippen molar-refractivity contribution in [2.24, 2.45) is 11.8 Å². The van der Waals surface area contributed by atoms with Gasteiger partial charge in [0, 0.05) is 19.2 Å². The van der Waals surface area contributed by atoms with Crippen LogP contribution in [0.2, 0.25) is 0 Å². The maximum Gasteiger partial charge on any atom is 0.308 e. The van der Waals surface area contributed by atoms with Crippen LogP contribution in [-0.2, 0) is 4.79 Å². The van der Waals surface area contributed by atoms with Crippen molar-refractivity contribution in [3.05, 3.63) is 23.8 Å². The lowest BCUT2D eigenvalue weighted by atomic mass is 9.99. The van der Waals surface area contributed by atoms with Crippen LogP contribution in [0.3, 0.4) is 0 Å². The number of ether oxygens (including phenoxy) is 1. The van der Waals surface area contributed by atoms with E-state index in [-0.39, 0.29) is 29.7 Å². The molecule has 0 aromatic heterocycles. The molecule has 0 radical (unpaired) electrons. The number of carboxylic acid groups (broad SMARTS) is 1. The molecule has 1 saturated heterocycles. The monoisotopic (exact) mass is 279 g/mol. The molecule has 2 N–H and O–H groups in total. The van der Waals surface area contributed by atoms with Gasteiger partial charge in [0.15, 0.2) is 0 Å². The molecule has 0 saturated carbocycles. The van der Waals surface area contributed by atoms with Crippen molar-refractivity contribution < 1.29 is 24.5 Å². The highest BCUT2D eigenvalue weighted by Gasteiger charge is 2.37. The van der Waals surface area contributed by atoms with Crippen LogP contribution in [0.25, 0.3) is 0 Å². The third kappa shape index (κ3) is 2.54. The van der Waals surface area contributed by atoms with E-state index in [9.17, 15) is 14.7 Å². The van der Waals surface area contributed by atoms with Gasteiger partial charge in [-0.3, -0.25) is 9.59 Å². The molecule has 0 spiro atoms. The van der Waals surface area contributed by atoms with E-state index in [2.05, 4.69) is 0 Å². The predicted molar refractivity (Wildman–Crippen MR) is 70.9 cm³/mol. The van der Waals surface area contributed by atoms with Crippen molar-refractivity contribution in [2.75, 3.05) is 20.2 Å². The van der Waals surface area contributed by atoms with E-state index in [0.717, 1.165) is 0 Å². The largest absolute Gasteiger partial charge is 0.507 e. The Morgan fingerprint density at radius 2 is 2.05 bits per heavy atom. The normalized spacial score (nSPS) is 21.8. The number of aliphatic carboxylic acids is 1. The lowest BCUT2D eigenvalue weighted by molar-refractivity contribution is -0.142. The Hall–Kier alpha value is -2.24. The number of rotatable bonds is 3. The van der Waals surface area contributed by atoms with Gasteiger partial charge in [0.25, 0.3) is 5.91 Å².